The van der Waals surface area contributed by atoms with Crippen molar-refractivity contribution in [2.24, 2.45) is 10.8 Å². The van der Waals surface area contributed by atoms with Crippen molar-refractivity contribution in [2.45, 2.75) is 41.0 Å². The zero-order valence-electron chi connectivity index (χ0n) is 10.8. The number of rotatable bonds is 4. The largest absolute Gasteiger partial charge is 1.00 e. The minimum absolute atomic E-state index is 0. The van der Waals surface area contributed by atoms with Gasteiger partial charge in [-0.2, -0.15) is 0 Å². The van der Waals surface area contributed by atoms with E-state index in [0.29, 0.717) is 0 Å². The van der Waals surface area contributed by atoms with E-state index in [2.05, 4.69) is 0 Å². The molecular weight excluding hydrogens is 203 g/mol. The number of carbonyl (C=O) groups is 3. The minimum Gasteiger partial charge on any atom is -0.542 e. The van der Waals surface area contributed by atoms with E-state index in [-0.39, 0.29) is 31.1 Å². The third-order valence-corrected chi connectivity index (χ3v) is 2.24. The predicted molar refractivity (Wildman–Crippen MR) is 52.9 cm³/mol. The van der Waals surface area contributed by atoms with Crippen molar-refractivity contribution in [3.05, 3.63) is 0 Å². The van der Waals surface area contributed by atoms with Crippen LogP contribution in [-0.2, 0) is 14.4 Å². The number of carboxylic acid groups (broad SMARTS) is 1. The number of aliphatic carboxylic acids is 1. The summed E-state index contributed by atoms with van der Waals surface area (Å²) in [5.74, 6) is -2.90. The van der Waals surface area contributed by atoms with Crippen molar-refractivity contribution < 1.29 is 38.4 Å². The first-order valence-electron chi connectivity index (χ1n) is 4.77. The number of hydrogen-bond donors (Lipinski definition) is 0. The van der Waals surface area contributed by atoms with Gasteiger partial charge in [0.15, 0.2) is 5.78 Å². The van der Waals surface area contributed by atoms with Crippen molar-refractivity contribution in [3.8, 4) is 0 Å². The van der Waals surface area contributed by atoms with Crippen LogP contribution in [0.2, 0.25) is 0 Å². The number of carbonyl (C=O) groups excluding carboxylic acids is 3. The summed E-state index contributed by atoms with van der Waals surface area (Å²) in [4.78, 5) is 33.3. The Morgan fingerprint density at radius 3 is 1.62 bits per heavy atom. The summed E-state index contributed by atoms with van der Waals surface area (Å²) >= 11 is 0. The maximum absolute atomic E-state index is 11.6. The van der Waals surface area contributed by atoms with E-state index >= 15 is 0 Å². The summed E-state index contributed by atoms with van der Waals surface area (Å²) in [6, 6.07) is 0. The van der Waals surface area contributed by atoms with Crippen LogP contribution in [0.15, 0.2) is 0 Å². The molecular formula is C11H17LiO4. The maximum atomic E-state index is 11.6. The van der Waals surface area contributed by atoms with E-state index in [1.165, 1.54) is 13.8 Å². The third-order valence-electron chi connectivity index (χ3n) is 2.24. The van der Waals surface area contributed by atoms with Crippen LogP contribution in [0.3, 0.4) is 0 Å². The van der Waals surface area contributed by atoms with Gasteiger partial charge in [0.25, 0.3) is 0 Å². The molecule has 0 atom stereocenters. The maximum Gasteiger partial charge on any atom is 1.00 e. The second-order valence-corrected chi connectivity index (χ2v) is 5.35. The molecule has 0 aromatic heterocycles. The molecule has 0 bridgehead atoms. The van der Waals surface area contributed by atoms with Gasteiger partial charge in [0, 0.05) is 17.3 Å². The zero-order valence-corrected chi connectivity index (χ0v) is 10.8. The quantitative estimate of drug-likeness (QED) is 0.383. The van der Waals surface area contributed by atoms with E-state index in [0.717, 1.165) is 0 Å². The van der Waals surface area contributed by atoms with Gasteiger partial charge in [-0.05, 0) is 0 Å². The fourth-order valence-corrected chi connectivity index (χ4v) is 1.02. The Morgan fingerprint density at radius 2 is 1.38 bits per heavy atom. The Morgan fingerprint density at radius 1 is 1.00 bits per heavy atom. The normalized spacial score (nSPS) is 11.6. The fraction of sp³-hybridized carbons (Fsp3) is 0.727. The first-order chi connectivity index (χ1) is 6.48. The second-order valence-electron chi connectivity index (χ2n) is 5.35. The zero-order chi connectivity index (χ0) is 12.4. The van der Waals surface area contributed by atoms with Crippen molar-refractivity contribution in [1.29, 1.82) is 0 Å². The Kier molecular flexibility index (Phi) is 6.28. The molecule has 0 saturated carbocycles. The smallest absolute Gasteiger partial charge is 0.542 e. The Bertz CT molecular complexity index is 300. The first-order valence-corrected chi connectivity index (χ1v) is 4.77. The SMILES string of the molecule is CC(C)(C)C(=O)CC(C)(C)C(=O)C(=O)[O-].[Li+]. The Labute approximate surface area is 108 Å². The number of carboxylic acids is 1. The molecule has 0 aromatic rings. The molecule has 0 aliphatic carbocycles. The van der Waals surface area contributed by atoms with Crippen LogP contribution in [0.1, 0.15) is 41.0 Å². The van der Waals surface area contributed by atoms with E-state index in [1.54, 1.807) is 20.8 Å². The van der Waals surface area contributed by atoms with E-state index in [9.17, 15) is 19.5 Å². The van der Waals surface area contributed by atoms with Crippen molar-refractivity contribution in [3.63, 3.8) is 0 Å². The van der Waals surface area contributed by atoms with Crippen LogP contribution in [0.4, 0.5) is 0 Å². The Balaban J connectivity index is 0. The van der Waals surface area contributed by atoms with Gasteiger partial charge in [-0.1, -0.05) is 34.6 Å². The molecule has 0 aliphatic rings. The van der Waals surface area contributed by atoms with E-state index in [1.807, 2.05) is 0 Å². The van der Waals surface area contributed by atoms with Gasteiger partial charge in [0.05, 0.1) is 0 Å². The fourth-order valence-electron chi connectivity index (χ4n) is 1.02. The van der Waals surface area contributed by atoms with E-state index < -0.39 is 22.6 Å². The third kappa shape index (κ3) is 4.96. The summed E-state index contributed by atoms with van der Waals surface area (Å²) in [5.41, 5.74) is -1.76. The van der Waals surface area contributed by atoms with Crippen LogP contribution in [0.25, 0.3) is 0 Å². The van der Waals surface area contributed by atoms with Gasteiger partial charge in [0.1, 0.15) is 11.8 Å². The average molecular weight is 220 g/mol. The molecule has 4 nitrogen and oxygen atoms in total. The molecule has 0 spiro atoms. The van der Waals surface area contributed by atoms with Gasteiger partial charge >= 0.3 is 18.9 Å². The molecule has 5 heteroatoms. The molecule has 0 saturated heterocycles. The molecule has 0 unspecified atom stereocenters. The number of Topliss-reactive ketones (excluding diaryl/α,β-unsaturated/α-hetero) is 2. The van der Waals surface area contributed by atoms with Gasteiger partial charge in [-0.15, -0.1) is 0 Å². The van der Waals surface area contributed by atoms with Crippen molar-refractivity contribution in [2.75, 3.05) is 0 Å². The molecule has 0 fully saturated rings. The first kappa shape index (κ1) is 17.8. The molecule has 16 heavy (non-hydrogen) atoms. The predicted octanol–water partition coefficient (Wildman–Crippen LogP) is -2.66. The van der Waals surface area contributed by atoms with Crippen LogP contribution in [-0.4, -0.2) is 17.5 Å². The summed E-state index contributed by atoms with van der Waals surface area (Å²) in [7, 11) is 0. The van der Waals surface area contributed by atoms with Crippen LogP contribution in [0.5, 0.6) is 0 Å². The van der Waals surface area contributed by atoms with Gasteiger partial charge in [-0.25, -0.2) is 0 Å². The monoisotopic (exact) mass is 220 g/mol. The van der Waals surface area contributed by atoms with Gasteiger partial charge in [-0.3, -0.25) is 9.59 Å². The summed E-state index contributed by atoms with van der Waals surface area (Å²) in [6.07, 6.45) is -0.0800. The van der Waals surface area contributed by atoms with Crippen LogP contribution >= 0.6 is 0 Å². The summed E-state index contributed by atoms with van der Waals surface area (Å²) in [5, 5.41) is 10.4. The van der Waals surface area contributed by atoms with Gasteiger partial charge in [0.2, 0.25) is 0 Å². The average Bonchev–Trinajstić information content (AvgIpc) is 2.00. The number of ketones is 2. The topological polar surface area (TPSA) is 74.3 Å². The van der Waals surface area contributed by atoms with Crippen molar-refractivity contribution in [1.82, 2.24) is 0 Å². The molecule has 0 aliphatic heterocycles. The molecule has 0 N–H and O–H groups in total. The molecule has 0 aromatic carbocycles. The van der Waals surface area contributed by atoms with E-state index in [4.69, 9.17) is 0 Å². The molecule has 0 radical (unpaired) electrons. The van der Waals surface area contributed by atoms with Crippen molar-refractivity contribution >= 4 is 17.5 Å². The molecule has 0 heterocycles. The Hall–Kier alpha value is -0.593. The standard InChI is InChI=1S/C11H18O4.Li/c1-10(2,3)7(12)6-11(4,5)8(13)9(14)15;/h6H2,1-5H3,(H,14,15);/q;+1/p-1. The van der Waals surface area contributed by atoms with Gasteiger partial charge < -0.3 is 9.90 Å². The second kappa shape index (κ2) is 5.65. The minimum atomic E-state index is -1.73. The molecule has 0 rings (SSSR count). The molecule has 0 amide bonds. The summed E-state index contributed by atoms with van der Waals surface area (Å²) < 4.78 is 0. The summed E-state index contributed by atoms with van der Waals surface area (Å²) in [6.45, 7) is 8.07. The van der Waals surface area contributed by atoms with Crippen LogP contribution in [0, 0.1) is 10.8 Å². The van der Waals surface area contributed by atoms with Crippen LogP contribution < -0.4 is 24.0 Å². The molecule has 86 valence electrons. The number of hydrogen-bond acceptors (Lipinski definition) is 4.